The number of hydrogen-bond acceptors (Lipinski definition) is 3. The molecule has 19 heavy (non-hydrogen) atoms. The number of amides is 2. The molecule has 1 atom stereocenters. The van der Waals surface area contributed by atoms with Crippen LogP contribution in [0, 0.1) is 5.92 Å². The van der Waals surface area contributed by atoms with Gasteiger partial charge >= 0.3 is 0 Å². The van der Waals surface area contributed by atoms with Crippen LogP contribution in [0.2, 0.25) is 0 Å². The first-order chi connectivity index (χ1) is 9.06. The largest absolute Gasteiger partial charge is 0.342 e. The van der Waals surface area contributed by atoms with Crippen molar-refractivity contribution >= 4 is 11.8 Å². The maximum atomic E-state index is 12.1. The summed E-state index contributed by atoms with van der Waals surface area (Å²) in [5.74, 6) is 0.845. The van der Waals surface area contributed by atoms with Crippen molar-refractivity contribution in [3.8, 4) is 0 Å². The highest BCUT2D eigenvalue weighted by Crippen LogP contribution is 2.20. The molecule has 0 saturated carbocycles. The molecule has 5 heteroatoms. The second-order valence-electron chi connectivity index (χ2n) is 5.94. The molecule has 0 bridgehead atoms. The van der Waals surface area contributed by atoms with Crippen molar-refractivity contribution in [2.24, 2.45) is 5.92 Å². The first-order valence-electron chi connectivity index (χ1n) is 7.26. The van der Waals surface area contributed by atoms with E-state index in [2.05, 4.69) is 11.9 Å². The van der Waals surface area contributed by atoms with E-state index in [4.69, 9.17) is 0 Å². The molecule has 0 aromatic carbocycles. The fourth-order valence-electron chi connectivity index (χ4n) is 2.97. The lowest BCUT2D eigenvalue weighted by molar-refractivity contribution is -0.144. The predicted octanol–water partition coefficient (Wildman–Crippen LogP) is 0.409. The molecule has 0 spiro atoms. The van der Waals surface area contributed by atoms with Crippen molar-refractivity contribution in [1.82, 2.24) is 14.7 Å². The Morgan fingerprint density at radius 1 is 1.26 bits per heavy atom. The molecule has 0 radical (unpaired) electrons. The minimum Gasteiger partial charge on any atom is -0.342 e. The summed E-state index contributed by atoms with van der Waals surface area (Å²) in [5, 5.41) is 0. The highest BCUT2D eigenvalue weighted by Gasteiger charge is 2.25. The molecule has 0 aliphatic carbocycles. The zero-order valence-corrected chi connectivity index (χ0v) is 12.1. The SMILES string of the molecule is CN1CCC[C@H](CCC(=O)N2CCN(C)C(=O)C2)C1. The Bertz CT molecular complexity index is 346. The number of rotatable bonds is 3. The summed E-state index contributed by atoms with van der Waals surface area (Å²) in [6.45, 7) is 3.90. The molecule has 0 N–H and O–H groups in total. The van der Waals surface area contributed by atoms with E-state index in [0.717, 1.165) is 13.0 Å². The van der Waals surface area contributed by atoms with Crippen LogP contribution in [0.25, 0.3) is 0 Å². The van der Waals surface area contributed by atoms with E-state index in [1.165, 1.54) is 19.4 Å². The number of carbonyl (C=O) groups is 2. The maximum absolute atomic E-state index is 12.1. The lowest BCUT2D eigenvalue weighted by Crippen LogP contribution is -2.50. The van der Waals surface area contributed by atoms with Crippen LogP contribution in [-0.4, -0.2) is 73.3 Å². The summed E-state index contributed by atoms with van der Waals surface area (Å²) in [6.07, 6.45) is 4.03. The van der Waals surface area contributed by atoms with Crippen LogP contribution in [0.1, 0.15) is 25.7 Å². The maximum Gasteiger partial charge on any atom is 0.241 e. The molecule has 0 aromatic rings. The van der Waals surface area contributed by atoms with Gasteiger partial charge in [-0.15, -0.1) is 0 Å². The highest BCUT2D eigenvalue weighted by molar-refractivity contribution is 5.85. The molecule has 2 aliphatic rings. The van der Waals surface area contributed by atoms with E-state index in [1.807, 2.05) is 0 Å². The fraction of sp³-hybridized carbons (Fsp3) is 0.857. The van der Waals surface area contributed by atoms with Crippen LogP contribution >= 0.6 is 0 Å². The zero-order chi connectivity index (χ0) is 13.8. The number of piperidine rings is 1. The van der Waals surface area contributed by atoms with E-state index in [-0.39, 0.29) is 18.4 Å². The van der Waals surface area contributed by atoms with Gasteiger partial charge in [0.25, 0.3) is 0 Å². The van der Waals surface area contributed by atoms with Gasteiger partial charge in [0.1, 0.15) is 0 Å². The van der Waals surface area contributed by atoms with Crippen molar-refractivity contribution in [1.29, 1.82) is 0 Å². The van der Waals surface area contributed by atoms with Crippen molar-refractivity contribution in [2.45, 2.75) is 25.7 Å². The molecule has 2 rings (SSSR count). The summed E-state index contributed by atoms with van der Waals surface area (Å²) < 4.78 is 0. The minimum absolute atomic E-state index is 0.0528. The Morgan fingerprint density at radius 2 is 2.05 bits per heavy atom. The van der Waals surface area contributed by atoms with Gasteiger partial charge in [0, 0.05) is 33.1 Å². The van der Waals surface area contributed by atoms with Crippen molar-refractivity contribution in [2.75, 3.05) is 46.8 Å². The molecule has 108 valence electrons. The topological polar surface area (TPSA) is 43.9 Å². The number of carbonyl (C=O) groups excluding carboxylic acids is 2. The zero-order valence-electron chi connectivity index (χ0n) is 12.1. The van der Waals surface area contributed by atoms with Gasteiger partial charge in [-0.3, -0.25) is 9.59 Å². The molecule has 5 nitrogen and oxygen atoms in total. The fourth-order valence-corrected chi connectivity index (χ4v) is 2.97. The summed E-state index contributed by atoms with van der Waals surface area (Å²) in [6, 6.07) is 0. The van der Waals surface area contributed by atoms with Crippen LogP contribution in [0.15, 0.2) is 0 Å². The van der Waals surface area contributed by atoms with Crippen molar-refractivity contribution in [3.05, 3.63) is 0 Å². The van der Waals surface area contributed by atoms with Crippen LogP contribution in [0.5, 0.6) is 0 Å². The molecule has 2 fully saturated rings. The monoisotopic (exact) mass is 267 g/mol. The third kappa shape index (κ3) is 3.93. The highest BCUT2D eigenvalue weighted by atomic mass is 16.2. The first-order valence-corrected chi connectivity index (χ1v) is 7.26. The normalized spacial score (nSPS) is 25.8. The molecular formula is C14H25N3O2. The second kappa shape index (κ2) is 6.37. The molecule has 2 amide bonds. The standard InChI is InChI=1S/C14H25N3O2/c1-15-7-3-4-12(10-15)5-6-13(18)17-9-8-16(2)14(19)11-17/h12H,3-11H2,1-2H3/t12-/m1/s1. The van der Waals surface area contributed by atoms with Gasteiger partial charge in [-0.1, -0.05) is 0 Å². The molecule has 2 aliphatic heterocycles. The van der Waals surface area contributed by atoms with E-state index in [9.17, 15) is 9.59 Å². The van der Waals surface area contributed by atoms with Crippen molar-refractivity contribution in [3.63, 3.8) is 0 Å². The average molecular weight is 267 g/mol. The summed E-state index contributed by atoms with van der Waals surface area (Å²) in [4.78, 5) is 29.5. The van der Waals surface area contributed by atoms with Gasteiger partial charge in [0.15, 0.2) is 0 Å². The average Bonchev–Trinajstić information content (AvgIpc) is 2.39. The third-order valence-corrected chi connectivity index (χ3v) is 4.30. The van der Waals surface area contributed by atoms with Crippen LogP contribution < -0.4 is 0 Å². The van der Waals surface area contributed by atoms with Gasteiger partial charge in [0.05, 0.1) is 6.54 Å². The Hall–Kier alpha value is -1.10. The van der Waals surface area contributed by atoms with Crippen LogP contribution in [0.3, 0.4) is 0 Å². The Labute approximate surface area is 115 Å². The van der Waals surface area contributed by atoms with E-state index < -0.39 is 0 Å². The third-order valence-electron chi connectivity index (χ3n) is 4.30. The number of nitrogens with zero attached hydrogens (tertiary/aromatic N) is 3. The lowest BCUT2D eigenvalue weighted by Gasteiger charge is -2.33. The Kier molecular flexibility index (Phi) is 4.80. The Balaban J connectivity index is 1.73. The minimum atomic E-state index is 0.0528. The predicted molar refractivity (Wildman–Crippen MR) is 73.7 cm³/mol. The van der Waals surface area contributed by atoms with Gasteiger partial charge in [-0.05, 0) is 38.8 Å². The summed E-state index contributed by atoms with van der Waals surface area (Å²) in [7, 11) is 3.94. The molecule has 2 saturated heterocycles. The summed E-state index contributed by atoms with van der Waals surface area (Å²) in [5.41, 5.74) is 0. The van der Waals surface area contributed by atoms with Crippen LogP contribution in [0.4, 0.5) is 0 Å². The molecule has 0 unspecified atom stereocenters. The second-order valence-corrected chi connectivity index (χ2v) is 5.94. The first kappa shape index (κ1) is 14.3. The van der Waals surface area contributed by atoms with Crippen LogP contribution in [-0.2, 0) is 9.59 Å². The summed E-state index contributed by atoms with van der Waals surface area (Å²) >= 11 is 0. The van der Waals surface area contributed by atoms with Gasteiger partial charge in [-0.25, -0.2) is 0 Å². The lowest BCUT2D eigenvalue weighted by atomic mass is 9.93. The molecule has 2 heterocycles. The van der Waals surface area contributed by atoms with Gasteiger partial charge in [0.2, 0.25) is 11.8 Å². The van der Waals surface area contributed by atoms with E-state index in [1.54, 1.807) is 16.8 Å². The smallest absolute Gasteiger partial charge is 0.241 e. The number of piperazine rings is 1. The van der Waals surface area contributed by atoms with E-state index >= 15 is 0 Å². The molecule has 0 aromatic heterocycles. The molecular weight excluding hydrogens is 242 g/mol. The number of likely N-dealkylation sites (N-methyl/N-ethyl adjacent to an activating group) is 1. The van der Waals surface area contributed by atoms with Gasteiger partial charge in [-0.2, -0.15) is 0 Å². The van der Waals surface area contributed by atoms with Gasteiger partial charge < -0.3 is 14.7 Å². The number of likely N-dealkylation sites (tertiary alicyclic amines) is 1. The number of hydrogen-bond donors (Lipinski definition) is 0. The quantitative estimate of drug-likeness (QED) is 0.744. The van der Waals surface area contributed by atoms with E-state index in [0.29, 0.717) is 25.4 Å². The van der Waals surface area contributed by atoms with Crippen molar-refractivity contribution < 1.29 is 9.59 Å². The Morgan fingerprint density at radius 3 is 2.74 bits per heavy atom.